The highest BCUT2D eigenvalue weighted by Crippen LogP contribution is 2.60. The first kappa shape index (κ1) is 33.3. The third kappa shape index (κ3) is 6.88. The van der Waals surface area contributed by atoms with E-state index in [2.05, 4.69) is 32.6 Å². The van der Waals surface area contributed by atoms with Crippen LogP contribution < -0.4 is 0 Å². The van der Waals surface area contributed by atoms with Crippen molar-refractivity contribution in [3.8, 4) is 0 Å². The van der Waals surface area contributed by atoms with Crippen molar-refractivity contribution in [2.45, 2.75) is 140 Å². The third-order valence-electron chi connectivity index (χ3n) is 10.8. The lowest BCUT2D eigenvalue weighted by Crippen LogP contribution is -2.62. The van der Waals surface area contributed by atoms with E-state index in [0.29, 0.717) is 30.6 Å². The van der Waals surface area contributed by atoms with Crippen LogP contribution in [0.2, 0.25) is 0 Å². The van der Waals surface area contributed by atoms with E-state index in [-0.39, 0.29) is 11.5 Å². The Bertz CT molecular complexity index is 1050. The minimum absolute atomic E-state index is 0.185. The second-order valence-corrected chi connectivity index (χ2v) is 14.1. The molecular formula is C33H52O9. The minimum Gasteiger partial charge on any atom is -0.479 e. The Balaban J connectivity index is 1.36. The van der Waals surface area contributed by atoms with E-state index in [4.69, 9.17) is 9.47 Å². The molecule has 1 aliphatic heterocycles. The number of allylic oxidation sites excluding steroid dienone is 4. The number of hydrogen-bond acceptors (Lipinski definition) is 8. The normalized spacial score (nSPS) is 41.1. The van der Waals surface area contributed by atoms with Gasteiger partial charge in [0.1, 0.15) is 18.3 Å². The van der Waals surface area contributed by atoms with Gasteiger partial charge in [-0.2, -0.15) is 0 Å². The molecule has 6 N–H and O–H groups in total. The number of carbonyl (C=O) groups is 1. The van der Waals surface area contributed by atoms with E-state index in [0.717, 1.165) is 50.5 Å². The lowest BCUT2D eigenvalue weighted by atomic mass is 9.60. The number of hydrogen-bond donors (Lipinski definition) is 6. The maximum absolute atomic E-state index is 11.4. The van der Waals surface area contributed by atoms with Gasteiger partial charge in [0, 0.05) is 0 Å². The second-order valence-electron chi connectivity index (χ2n) is 14.1. The zero-order valence-corrected chi connectivity index (χ0v) is 25.6. The van der Waals surface area contributed by atoms with Crippen molar-refractivity contribution in [3.63, 3.8) is 0 Å². The Kier molecular flexibility index (Phi) is 10.5. The number of aliphatic carboxylic acids is 1. The van der Waals surface area contributed by atoms with Gasteiger partial charge >= 0.3 is 5.97 Å². The zero-order chi connectivity index (χ0) is 31.0. The molecule has 1 heterocycles. The second kappa shape index (κ2) is 13.2. The Morgan fingerprint density at radius 1 is 1.10 bits per heavy atom. The van der Waals surface area contributed by atoms with Crippen LogP contribution in [0, 0.1) is 23.2 Å². The van der Waals surface area contributed by atoms with E-state index < -0.39 is 48.4 Å². The highest BCUT2D eigenvalue weighted by Gasteiger charge is 2.52. The van der Waals surface area contributed by atoms with Crippen LogP contribution in [0.3, 0.4) is 0 Å². The molecular weight excluding hydrogens is 540 g/mol. The van der Waals surface area contributed by atoms with Gasteiger partial charge in [0.05, 0.1) is 17.8 Å². The number of carboxylic acid groups (broad SMARTS) is 1. The number of aliphatic hydroxyl groups excluding tert-OH is 5. The van der Waals surface area contributed by atoms with Gasteiger partial charge < -0.3 is 40.1 Å². The summed E-state index contributed by atoms with van der Waals surface area (Å²) < 4.78 is 11.1. The van der Waals surface area contributed by atoms with Crippen molar-refractivity contribution in [3.05, 3.63) is 35.5 Å². The van der Waals surface area contributed by atoms with Gasteiger partial charge in [-0.15, -0.1) is 0 Å². The van der Waals surface area contributed by atoms with Crippen LogP contribution in [0.4, 0.5) is 0 Å². The quantitative estimate of drug-likeness (QED) is 0.235. The molecule has 4 rings (SSSR count). The Morgan fingerprint density at radius 2 is 1.81 bits per heavy atom. The van der Waals surface area contributed by atoms with Gasteiger partial charge in [-0.1, -0.05) is 43.7 Å². The van der Waals surface area contributed by atoms with Crippen LogP contribution in [0.25, 0.3) is 0 Å². The monoisotopic (exact) mass is 592 g/mol. The molecule has 11 atom stereocenters. The average molecular weight is 593 g/mol. The van der Waals surface area contributed by atoms with E-state index in [1.54, 1.807) is 13.8 Å². The highest BCUT2D eigenvalue weighted by molar-refractivity contribution is 5.73. The fourth-order valence-corrected chi connectivity index (χ4v) is 8.11. The maximum Gasteiger partial charge on any atom is 0.335 e. The van der Waals surface area contributed by atoms with Gasteiger partial charge in [0.2, 0.25) is 0 Å². The molecule has 1 saturated heterocycles. The molecule has 4 fully saturated rings. The Labute approximate surface area is 249 Å². The summed E-state index contributed by atoms with van der Waals surface area (Å²) in [6, 6.07) is 0. The molecule has 0 aromatic carbocycles. The number of fused-ring (bicyclic) bond motifs is 1. The standard InChI is InChI=1S/C33H52O9/c1-18-8-12-22(34)17-21(18)11-10-20-7-6-16-33(5)23(13-14-24(20)33)19(2)9-15-25(35)32(3,4)42-31-28(38)26(36)27(37)29(41-31)30(39)40/h10-11,19,22-29,31,34-38H,1,6-9,12-17H2,2-5H3,(H,39,40)/b20-10+,21-11-/t19-,22+,23-,24+,25-,26+,27+,28-,29+,31+,33-/m1/s1. The molecule has 4 aliphatic rings. The first-order valence-electron chi connectivity index (χ1n) is 15.7. The first-order valence-corrected chi connectivity index (χ1v) is 15.7. The van der Waals surface area contributed by atoms with Crippen LogP contribution in [0.5, 0.6) is 0 Å². The molecule has 3 saturated carbocycles. The SMILES string of the molecule is C=C1CC[C@H](O)C/C1=C/C=C1\CCC[C@]2(C)[C@@H]([C@H](C)CC[C@@H](O)C(C)(C)O[C@@H]3O[C@H](C(=O)O)[C@@H](O)[C@H](O)[C@H]3O)CC[C@@H]12. The summed E-state index contributed by atoms with van der Waals surface area (Å²) in [6.45, 7) is 12.2. The Morgan fingerprint density at radius 3 is 2.50 bits per heavy atom. The molecule has 0 aromatic rings. The molecule has 0 bridgehead atoms. The molecule has 3 aliphatic carbocycles. The Hall–Kier alpha value is -1.59. The van der Waals surface area contributed by atoms with E-state index in [9.17, 15) is 35.4 Å². The smallest absolute Gasteiger partial charge is 0.335 e. The first-order chi connectivity index (χ1) is 19.7. The molecule has 0 unspecified atom stereocenters. The van der Waals surface area contributed by atoms with Crippen molar-refractivity contribution < 1.29 is 44.9 Å². The summed E-state index contributed by atoms with van der Waals surface area (Å²) in [7, 11) is 0. The zero-order valence-electron chi connectivity index (χ0n) is 25.6. The lowest BCUT2D eigenvalue weighted by molar-refractivity contribution is -0.325. The van der Waals surface area contributed by atoms with Crippen LogP contribution in [-0.4, -0.2) is 85.1 Å². The van der Waals surface area contributed by atoms with Gasteiger partial charge in [0.15, 0.2) is 12.4 Å². The summed E-state index contributed by atoms with van der Waals surface area (Å²) in [5.41, 5.74) is 2.80. The molecule has 0 spiro atoms. The van der Waals surface area contributed by atoms with Crippen LogP contribution in [0.1, 0.15) is 91.9 Å². The minimum atomic E-state index is -1.80. The number of aliphatic hydroxyl groups is 5. The van der Waals surface area contributed by atoms with Gasteiger partial charge in [-0.3, -0.25) is 0 Å². The van der Waals surface area contributed by atoms with Gasteiger partial charge in [0.25, 0.3) is 0 Å². The van der Waals surface area contributed by atoms with Crippen LogP contribution in [-0.2, 0) is 14.3 Å². The fourth-order valence-electron chi connectivity index (χ4n) is 8.11. The van der Waals surface area contributed by atoms with Gasteiger partial charge in [-0.25, -0.2) is 4.79 Å². The van der Waals surface area contributed by atoms with Crippen molar-refractivity contribution in [2.24, 2.45) is 23.2 Å². The predicted molar refractivity (Wildman–Crippen MR) is 157 cm³/mol. The summed E-state index contributed by atoms with van der Waals surface area (Å²) in [5, 5.41) is 61.0. The van der Waals surface area contributed by atoms with Crippen LogP contribution >= 0.6 is 0 Å². The molecule has 0 aromatic heterocycles. The lowest BCUT2D eigenvalue weighted by Gasteiger charge is -2.45. The molecule has 0 radical (unpaired) electrons. The van der Waals surface area contributed by atoms with Crippen molar-refractivity contribution in [1.82, 2.24) is 0 Å². The van der Waals surface area contributed by atoms with Crippen molar-refractivity contribution in [1.29, 1.82) is 0 Å². The topological polar surface area (TPSA) is 157 Å². The van der Waals surface area contributed by atoms with E-state index >= 15 is 0 Å². The third-order valence-corrected chi connectivity index (χ3v) is 10.8. The number of carboxylic acids is 1. The van der Waals surface area contributed by atoms with Crippen molar-refractivity contribution in [2.75, 3.05) is 0 Å². The summed E-state index contributed by atoms with van der Waals surface area (Å²) in [4.78, 5) is 11.4. The van der Waals surface area contributed by atoms with E-state index in [1.165, 1.54) is 17.6 Å². The van der Waals surface area contributed by atoms with E-state index in [1.807, 2.05) is 0 Å². The molecule has 0 amide bonds. The van der Waals surface area contributed by atoms with Gasteiger partial charge in [-0.05, 0) is 107 Å². The maximum atomic E-state index is 11.4. The number of ether oxygens (including phenoxy) is 2. The van der Waals surface area contributed by atoms with Crippen LogP contribution in [0.15, 0.2) is 35.5 Å². The molecule has 9 heteroatoms. The fraction of sp³-hybridized carbons (Fsp3) is 0.788. The summed E-state index contributed by atoms with van der Waals surface area (Å²) >= 11 is 0. The summed E-state index contributed by atoms with van der Waals surface area (Å²) in [5.74, 6) is -0.0802. The largest absolute Gasteiger partial charge is 0.479 e. The average Bonchev–Trinajstić information content (AvgIpc) is 3.29. The number of rotatable bonds is 9. The molecule has 42 heavy (non-hydrogen) atoms. The summed E-state index contributed by atoms with van der Waals surface area (Å²) in [6.07, 6.45) is 4.08. The predicted octanol–water partition coefficient (Wildman–Crippen LogP) is 3.62. The molecule has 9 nitrogen and oxygen atoms in total. The molecule has 238 valence electrons. The van der Waals surface area contributed by atoms with Crippen molar-refractivity contribution >= 4 is 5.97 Å². The highest BCUT2D eigenvalue weighted by atomic mass is 16.7.